The molecule has 0 aliphatic rings. The molecule has 3 N–H and O–H groups in total. The second-order valence-electron chi connectivity index (χ2n) is 4.19. The van der Waals surface area contributed by atoms with E-state index in [9.17, 15) is 18.0 Å². The number of nitrogens with zero attached hydrogens (tertiary/aromatic N) is 3. The quantitative estimate of drug-likeness (QED) is 0.622. The molecule has 0 aliphatic heterocycles. The molecule has 2 aromatic heterocycles. The first kappa shape index (κ1) is 18.3. The summed E-state index contributed by atoms with van der Waals surface area (Å²) in [7, 11) is -3.07. The van der Waals surface area contributed by atoms with Gasteiger partial charge >= 0.3 is 18.2 Å². The highest BCUT2D eigenvalue weighted by Crippen LogP contribution is 2.30. The van der Waals surface area contributed by atoms with E-state index in [4.69, 9.17) is 9.84 Å². The number of urea groups is 1. The van der Waals surface area contributed by atoms with Crippen LogP contribution in [0.2, 0.25) is 0 Å². The maximum atomic E-state index is 12.2. The Morgan fingerprint density at radius 2 is 2.00 bits per heavy atom. The summed E-state index contributed by atoms with van der Waals surface area (Å²) in [6.07, 6.45) is -1.68. The Morgan fingerprint density at radius 1 is 1.28 bits per heavy atom. The average molecular weight is 389 g/mol. The molecule has 2 heterocycles. The zero-order chi connectivity index (χ0) is 18.6. The summed E-state index contributed by atoms with van der Waals surface area (Å²) >= 11 is 0.739. The van der Waals surface area contributed by atoms with E-state index in [1.807, 2.05) is 0 Å². The molecule has 25 heavy (non-hydrogen) atoms. The predicted octanol–water partition coefficient (Wildman–Crippen LogP) is 0.817. The number of sulfonamides is 1. The van der Waals surface area contributed by atoms with Crippen molar-refractivity contribution in [3.8, 4) is 11.1 Å². The highest BCUT2D eigenvalue weighted by atomic mass is 32.2. The number of hydrogen-bond acceptors (Lipinski definition) is 10. The van der Waals surface area contributed by atoms with E-state index in [1.165, 1.54) is 19.4 Å². The van der Waals surface area contributed by atoms with Crippen LogP contribution in [0.3, 0.4) is 0 Å². The zero-order valence-electron chi connectivity index (χ0n) is 12.7. The number of anilines is 1. The van der Waals surface area contributed by atoms with Gasteiger partial charge in [-0.2, -0.15) is 15.0 Å². The molecule has 12 nitrogen and oxygen atoms in total. The number of carbonyl (C=O) groups is 2. The number of hydrogen-bond donors (Lipinski definition) is 3. The monoisotopic (exact) mass is 389 g/mol. The van der Waals surface area contributed by atoms with E-state index in [-0.39, 0.29) is 17.8 Å². The number of aryl methyl sites for hydroxylation is 1. The standard InChI is InChI=1S/C11H11N5O7S2/c1-5-12-8(15-10(13-5)22-2)14-9(17)16-25(20,21)6-3-4-24-7(6)23-11(18)19/h3-4H,1-2H3,(H,18,19)(H2,12,13,14,15,16,17). The molecule has 0 unspecified atom stereocenters. The Bertz CT molecular complexity index is 911. The second kappa shape index (κ2) is 7.27. The maximum absolute atomic E-state index is 12.2. The topological polar surface area (TPSA) is 170 Å². The SMILES string of the molecule is COc1nc(C)nc(NC(=O)NS(=O)(=O)c2ccsc2OC(=O)O)n1. The lowest BCUT2D eigenvalue weighted by molar-refractivity contribution is 0.145. The van der Waals surface area contributed by atoms with Crippen LogP contribution in [-0.2, 0) is 10.0 Å². The molecule has 0 saturated carbocycles. The van der Waals surface area contributed by atoms with E-state index in [1.54, 1.807) is 4.72 Å². The number of thiophene rings is 1. The first-order valence-corrected chi connectivity index (χ1v) is 8.66. The lowest BCUT2D eigenvalue weighted by atomic mass is 10.6. The molecule has 0 spiro atoms. The van der Waals surface area contributed by atoms with E-state index in [2.05, 4.69) is 25.0 Å². The molecule has 0 aliphatic carbocycles. The van der Waals surface area contributed by atoms with Gasteiger partial charge in [0.05, 0.1) is 7.11 Å². The molecule has 2 rings (SSSR count). The molecular weight excluding hydrogens is 378 g/mol. The molecule has 0 aromatic carbocycles. The highest BCUT2D eigenvalue weighted by molar-refractivity contribution is 7.90. The van der Waals surface area contributed by atoms with Gasteiger partial charge in [0.25, 0.3) is 10.0 Å². The van der Waals surface area contributed by atoms with Crippen LogP contribution in [-0.4, -0.2) is 47.8 Å². The fraction of sp³-hybridized carbons (Fsp3) is 0.182. The molecule has 0 radical (unpaired) electrons. The van der Waals surface area contributed by atoms with Gasteiger partial charge < -0.3 is 14.6 Å². The number of amides is 2. The number of carboxylic acid groups (broad SMARTS) is 1. The van der Waals surface area contributed by atoms with Gasteiger partial charge in [-0.05, 0) is 18.4 Å². The number of rotatable bonds is 5. The van der Waals surface area contributed by atoms with E-state index in [0.717, 1.165) is 17.4 Å². The minimum Gasteiger partial charge on any atom is -0.467 e. The summed E-state index contributed by atoms with van der Waals surface area (Å²) in [6, 6.07) is -0.143. The smallest absolute Gasteiger partial charge is 0.467 e. The number of nitrogens with one attached hydrogen (secondary N) is 2. The Balaban J connectivity index is 2.16. The van der Waals surface area contributed by atoms with Gasteiger partial charge in [-0.1, -0.05) is 0 Å². The van der Waals surface area contributed by atoms with Crippen LogP contribution < -0.4 is 19.5 Å². The predicted molar refractivity (Wildman–Crippen MR) is 83.4 cm³/mol. The Hall–Kier alpha value is -3.00. The normalized spacial score (nSPS) is 10.8. The van der Waals surface area contributed by atoms with Gasteiger partial charge in [-0.15, -0.1) is 11.3 Å². The molecule has 2 aromatic rings. The van der Waals surface area contributed by atoms with Crippen LogP contribution in [0.4, 0.5) is 15.5 Å². The number of ether oxygens (including phenoxy) is 2. The third-order valence-electron chi connectivity index (χ3n) is 2.43. The maximum Gasteiger partial charge on any atom is 0.512 e. The summed E-state index contributed by atoms with van der Waals surface area (Å²) in [5, 5.41) is 11.6. The second-order valence-corrected chi connectivity index (χ2v) is 6.72. The van der Waals surface area contributed by atoms with Crippen molar-refractivity contribution in [2.24, 2.45) is 0 Å². The van der Waals surface area contributed by atoms with Crippen molar-refractivity contribution in [2.75, 3.05) is 12.4 Å². The van der Waals surface area contributed by atoms with Crippen LogP contribution in [0.1, 0.15) is 5.82 Å². The summed E-state index contributed by atoms with van der Waals surface area (Å²) in [4.78, 5) is 33.3. The lowest BCUT2D eigenvalue weighted by Gasteiger charge is -2.08. The summed E-state index contributed by atoms with van der Waals surface area (Å²) in [5.74, 6) is 0.00404. The van der Waals surface area contributed by atoms with Crippen LogP contribution in [0.25, 0.3) is 0 Å². The zero-order valence-corrected chi connectivity index (χ0v) is 14.3. The molecule has 134 valence electrons. The summed E-state index contributed by atoms with van der Waals surface area (Å²) < 4.78 is 35.2. The minimum absolute atomic E-state index is 0.0689. The van der Waals surface area contributed by atoms with Crippen molar-refractivity contribution in [2.45, 2.75) is 11.8 Å². The minimum atomic E-state index is -4.38. The van der Waals surface area contributed by atoms with Gasteiger partial charge in [0.15, 0.2) is 0 Å². The molecule has 0 saturated heterocycles. The van der Waals surface area contributed by atoms with Crippen LogP contribution in [0.15, 0.2) is 16.3 Å². The molecule has 14 heteroatoms. The molecule has 0 atom stereocenters. The van der Waals surface area contributed by atoms with Gasteiger partial charge in [0.1, 0.15) is 10.7 Å². The van der Waals surface area contributed by atoms with Crippen molar-refractivity contribution in [1.29, 1.82) is 0 Å². The van der Waals surface area contributed by atoms with Crippen LogP contribution in [0.5, 0.6) is 11.1 Å². The van der Waals surface area contributed by atoms with Crippen LogP contribution >= 0.6 is 11.3 Å². The fourth-order valence-electron chi connectivity index (χ4n) is 1.55. The Morgan fingerprint density at radius 3 is 2.64 bits per heavy atom. The third-order valence-corrected chi connectivity index (χ3v) is 4.70. The molecular formula is C11H11N5O7S2. The molecule has 2 amide bonds. The summed E-state index contributed by atoms with van der Waals surface area (Å²) in [5.41, 5.74) is 0. The highest BCUT2D eigenvalue weighted by Gasteiger charge is 2.25. The van der Waals surface area contributed by atoms with Crippen molar-refractivity contribution >= 4 is 39.5 Å². The third kappa shape index (κ3) is 4.74. The van der Waals surface area contributed by atoms with Crippen molar-refractivity contribution in [1.82, 2.24) is 19.7 Å². The van der Waals surface area contributed by atoms with Gasteiger partial charge in [0, 0.05) is 0 Å². The number of carbonyl (C=O) groups excluding carboxylic acids is 1. The largest absolute Gasteiger partial charge is 0.512 e. The van der Waals surface area contributed by atoms with Crippen molar-refractivity contribution in [3.05, 3.63) is 17.3 Å². The fourth-order valence-corrected chi connectivity index (χ4v) is 3.65. The lowest BCUT2D eigenvalue weighted by Crippen LogP contribution is -2.35. The Kier molecular flexibility index (Phi) is 5.33. The summed E-state index contributed by atoms with van der Waals surface area (Å²) in [6.45, 7) is 1.52. The number of aromatic nitrogens is 3. The Labute approximate surface area is 144 Å². The van der Waals surface area contributed by atoms with Crippen molar-refractivity contribution in [3.63, 3.8) is 0 Å². The van der Waals surface area contributed by atoms with Crippen LogP contribution in [0, 0.1) is 6.92 Å². The van der Waals surface area contributed by atoms with Crippen molar-refractivity contribution < 1.29 is 32.6 Å². The van der Waals surface area contributed by atoms with Gasteiger partial charge in [0.2, 0.25) is 11.0 Å². The average Bonchev–Trinajstić information content (AvgIpc) is 2.94. The number of methoxy groups -OCH3 is 1. The first-order valence-electron chi connectivity index (χ1n) is 6.30. The van der Waals surface area contributed by atoms with E-state index >= 15 is 0 Å². The first-order chi connectivity index (χ1) is 11.7. The van der Waals surface area contributed by atoms with E-state index in [0.29, 0.717) is 0 Å². The van der Waals surface area contributed by atoms with Gasteiger partial charge in [-0.3, -0.25) is 5.32 Å². The van der Waals surface area contributed by atoms with Gasteiger partial charge in [-0.25, -0.2) is 22.7 Å². The molecule has 0 fully saturated rings. The van der Waals surface area contributed by atoms with E-state index < -0.39 is 32.2 Å². The molecule has 0 bridgehead atoms.